The number of thioether (sulfide) groups is 1. The molecule has 2 heterocycles. The molecule has 0 unspecified atom stereocenters. The molecule has 1 aromatic carbocycles. The summed E-state index contributed by atoms with van der Waals surface area (Å²) in [5, 5.41) is 0. The zero-order chi connectivity index (χ0) is 19.2. The van der Waals surface area contributed by atoms with Crippen molar-refractivity contribution in [2.75, 3.05) is 13.2 Å². The summed E-state index contributed by atoms with van der Waals surface area (Å²) in [4.78, 5) is 27.7. The van der Waals surface area contributed by atoms with E-state index >= 15 is 0 Å². The second-order valence-corrected chi connectivity index (χ2v) is 7.46. The van der Waals surface area contributed by atoms with Crippen LogP contribution in [0.2, 0.25) is 0 Å². The predicted octanol–water partition coefficient (Wildman–Crippen LogP) is 4.11. The van der Waals surface area contributed by atoms with E-state index < -0.39 is 0 Å². The van der Waals surface area contributed by atoms with Gasteiger partial charge >= 0.3 is 0 Å². The molecule has 0 fully saturated rings. The number of furan rings is 1. The minimum atomic E-state index is -0.238. The monoisotopic (exact) mass is 385 g/mol. The Morgan fingerprint density at radius 2 is 1.85 bits per heavy atom. The van der Waals surface area contributed by atoms with Crippen molar-refractivity contribution < 1.29 is 18.7 Å². The summed E-state index contributed by atoms with van der Waals surface area (Å²) in [5.74, 6) is 0.795. The van der Waals surface area contributed by atoms with E-state index in [0.717, 1.165) is 11.3 Å². The van der Waals surface area contributed by atoms with Crippen LogP contribution < -0.4 is 0 Å². The van der Waals surface area contributed by atoms with E-state index in [-0.39, 0.29) is 17.9 Å². The molecule has 0 atom stereocenters. The molecule has 0 N–H and O–H groups in total. The highest BCUT2D eigenvalue weighted by Crippen LogP contribution is 2.37. The molecule has 6 heteroatoms. The number of benzene rings is 1. The van der Waals surface area contributed by atoms with Crippen molar-refractivity contribution in [3.63, 3.8) is 0 Å². The van der Waals surface area contributed by atoms with Crippen LogP contribution in [-0.4, -0.2) is 36.0 Å². The second-order valence-electron chi connectivity index (χ2n) is 6.47. The Kier molecular flexibility index (Phi) is 6.53. The quantitative estimate of drug-likeness (QED) is 0.480. The lowest BCUT2D eigenvalue weighted by atomic mass is 10.1. The number of hydrogen-bond acceptors (Lipinski definition) is 5. The minimum absolute atomic E-state index is 0.132. The maximum atomic E-state index is 13.0. The molecule has 3 rings (SSSR count). The fourth-order valence-electron chi connectivity index (χ4n) is 2.83. The van der Waals surface area contributed by atoms with Crippen molar-refractivity contribution in [3.05, 3.63) is 65.0 Å². The maximum absolute atomic E-state index is 13.0. The summed E-state index contributed by atoms with van der Waals surface area (Å²) in [6, 6.07) is 13.0. The topological polar surface area (TPSA) is 59.8 Å². The largest absolute Gasteiger partial charge is 0.468 e. The molecule has 0 bridgehead atoms. The first-order chi connectivity index (χ1) is 13.1. The first kappa shape index (κ1) is 19.5. The third-order valence-corrected chi connectivity index (χ3v) is 5.20. The number of hydrogen-bond donors (Lipinski definition) is 0. The number of ether oxygens (including phenoxy) is 1. The van der Waals surface area contributed by atoms with Crippen molar-refractivity contribution in [1.82, 2.24) is 4.90 Å². The van der Waals surface area contributed by atoms with Gasteiger partial charge in [0.25, 0.3) is 11.8 Å². The number of amides is 2. The van der Waals surface area contributed by atoms with Gasteiger partial charge in [-0.1, -0.05) is 30.3 Å². The smallest absolute Gasteiger partial charge is 0.267 e. The number of imide groups is 1. The Morgan fingerprint density at radius 1 is 1.07 bits per heavy atom. The Morgan fingerprint density at radius 3 is 2.52 bits per heavy atom. The fraction of sp³-hybridized carbons (Fsp3) is 0.333. The van der Waals surface area contributed by atoms with Gasteiger partial charge in [0, 0.05) is 13.2 Å². The lowest BCUT2D eigenvalue weighted by Crippen LogP contribution is -2.33. The summed E-state index contributed by atoms with van der Waals surface area (Å²) >= 11 is 1.35. The van der Waals surface area contributed by atoms with Crippen LogP contribution >= 0.6 is 11.8 Å². The third kappa shape index (κ3) is 4.70. The average molecular weight is 385 g/mol. The molecule has 27 heavy (non-hydrogen) atoms. The zero-order valence-electron chi connectivity index (χ0n) is 15.5. The van der Waals surface area contributed by atoms with Crippen LogP contribution in [0.15, 0.2) is 58.1 Å². The first-order valence-electron chi connectivity index (χ1n) is 9.00. The molecule has 2 amide bonds. The van der Waals surface area contributed by atoms with Crippen molar-refractivity contribution >= 4 is 29.1 Å². The van der Waals surface area contributed by atoms with Crippen LogP contribution in [0.5, 0.6) is 0 Å². The second kappa shape index (κ2) is 9.06. The van der Waals surface area contributed by atoms with E-state index in [0.29, 0.717) is 35.8 Å². The van der Waals surface area contributed by atoms with Gasteiger partial charge in [0.2, 0.25) is 0 Å². The lowest BCUT2D eigenvalue weighted by molar-refractivity contribution is -0.136. The van der Waals surface area contributed by atoms with Crippen LogP contribution in [0.1, 0.15) is 31.6 Å². The maximum Gasteiger partial charge on any atom is 0.267 e. The molecule has 5 nitrogen and oxygen atoms in total. The van der Waals surface area contributed by atoms with Gasteiger partial charge in [-0.05, 0) is 38.0 Å². The molecule has 142 valence electrons. The van der Waals surface area contributed by atoms with Crippen LogP contribution in [0.25, 0.3) is 5.57 Å². The highest BCUT2D eigenvalue weighted by Gasteiger charge is 2.38. The summed E-state index contributed by atoms with van der Waals surface area (Å²) in [7, 11) is 0. The van der Waals surface area contributed by atoms with Gasteiger partial charge in [-0.15, -0.1) is 11.8 Å². The molecular weight excluding hydrogens is 362 g/mol. The Labute approximate surface area is 163 Å². The van der Waals surface area contributed by atoms with E-state index in [9.17, 15) is 9.59 Å². The normalized spacial score (nSPS) is 14.7. The number of nitrogens with zero attached hydrogens (tertiary/aromatic N) is 1. The predicted molar refractivity (Wildman–Crippen MR) is 106 cm³/mol. The van der Waals surface area contributed by atoms with Gasteiger partial charge in [-0.25, -0.2) is 0 Å². The first-order valence-corrected chi connectivity index (χ1v) is 9.99. The molecular formula is C21H23NO4S. The Balaban J connectivity index is 1.78. The van der Waals surface area contributed by atoms with Gasteiger partial charge in [0.05, 0.1) is 28.6 Å². The molecule has 1 aliphatic rings. The molecule has 0 saturated carbocycles. The summed E-state index contributed by atoms with van der Waals surface area (Å²) in [6.45, 7) is 4.80. The van der Waals surface area contributed by atoms with Gasteiger partial charge in [0.15, 0.2) is 0 Å². The van der Waals surface area contributed by atoms with E-state index in [1.54, 1.807) is 6.26 Å². The summed E-state index contributed by atoms with van der Waals surface area (Å²) < 4.78 is 10.9. The van der Waals surface area contributed by atoms with Gasteiger partial charge in [0.1, 0.15) is 5.76 Å². The average Bonchev–Trinajstić information content (AvgIpc) is 3.25. The van der Waals surface area contributed by atoms with Crippen molar-refractivity contribution in [2.24, 2.45) is 0 Å². The van der Waals surface area contributed by atoms with Crippen LogP contribution in [0.3, 0.4) is 0 Å². The molecule has 0 radical (unpaired) electrons. The molecule has 2 aromatic rings. The van der Waals surface area contributed by atoms with Crippen molar-refractivity contribution in [3.8, 4) is 0 Å². The van der Waals surface area contributed by atoms with Crippen LogP contribution in [-0.2, 0) is 20.1 Å². The fourth-order valence-corrected chi connectivity index (χ4v) is 3.86. The van der Waals surface area contributed by atoms with Crippen molar-refractivity contribution in [2.45, 2.75) is 32.1 Å². The summed E-state index contributed by atoms with van der Waals surface area (Å²) in [6.07, 6.45) is 2.35. The standard InChI is InChI=1S/C21H23NO4S/c1-15(2)25-13-7-11-22-20(23)18(16-8-4-3-5-9-16)19(21(22)24)27-14-17-10-6-12-26-17/h3-6,8-10,12,15H,7,11,13-14H2,1-2H3. The van der Waals surface area contributed by atoms with E-state index in [2.05, 4.69) is 0 Å². The van der Waals surface area contributed by atoms with Gasteiger partial charge in [-0.2, -0.15) is 0 Å². The lowest BCUT2D eigenvalue weighted by Gasteiger charge is -2.15. The summed E-state index contributed by atoms with van der Waals surface area (Å²) in [5.41, 5.74) is 1.24. The molecule has 0 saturated heterocycles. The van der Waals surface area contributed by atoms with E-state index in [1.165, 1.54) is 16.7 Å². The van der Waals surface area contributed by atoms with Gasteiger partial charge in [-0.3, -0.25) is 14.5 Å². The molecule has 0 spiro atoms. The van der Waals surface area contributed by atoms with Crippen LogP contribution in [0.4, 0.5) is 0 Å². The SMILES string of the molecule is CC(C)OCCCN1C(=O)C(SCc2ccco2)=C(c2ccccc2)C1=O. The number of carbonyl (C=O) groups excluding carboxylic acids is 2. The molecule has 1 aromatic heterocycles. The van der Waals surface area contributed by atoms with Crippen molar-refractivity contribution in [1.29, 1.82) is 0 Å². The number of rotatable bonds is 9. The Bertz CT molecular complexity index is 812. The molecule has 1 aliphatic heterocycles. The highest BCUT2D eigenvalue weighted by molar-refractivity contribution is 8.03. The number of carbonyl (C=O) groups is 2. The van der Waals surface area contributed by atoms with E-state index in [4.69, 9.17) is 9.15 Å². The molecule has 0 aliphatic carbocycles. The third-order valence-electron chi connectivity index (χ3n) is 4.10. The zero-order valence-corrected chi connectivity index (χ0v) is 16.3. The van der Waals surface area contributed by atoms with E-state index in [1.807, 2.05) is 56.3 Å². The highest BCUT2D eigenvalue weighted by atomic mass is 32.2. The minimum Gasteiger partial charge on any atom is -0.468 e. The van der Waals surface area contributed by atoms with Crippen LogP contribution in [0, 0.1) is 0 Å². The Hall–Kier alpha value is -2.31. The van der Waals surface area contributed by atoms with Gasteiger partial charge < -0.3 is 9.15 Å².